The first-order valence-electron chi connectivity index (χ1n) is 37.2. The summed E-state index contributed by atoms with van der Waals surface area (Å²) in [5.74, 6) is 2.39. The van der Waals surface area contributed by atoms with E-state index in [9.17, 15) is 55.5 Å². The predicted molar refractivity (Wildman–Crippen MR) is 409 cm³/mol. The largest absolute Gasteiger partial charge is 0.491 e. The minimum Gasteiger partial charge on any atom is -0.491 e. The van der Waals surface area contributed by atoms with Gasteiger partial charge in [0.15, 0.2) is 0 Å². The number of fused-ring (bicyclic) bond motifs is 3. The van der Waals surface area contributed by atoms with Crippen molar-refractivity contribution in [1.82, 2.24) is 0 Å². The lowest BCUT2D eigenvalue weighted by Crippen LogP contribution is -2.55. The molecular formula is C87H88Cl3FO21. The smallest absolute Gasteiger partial charge is 0.129 e. The van der Waals surface area contributed by atoms with Crippen molar-refractivity contribution in [3.8, 4) is 28.7 Å². The standard InChI is InChI=1S/C87H88Cl3FO21/c1-85(63-5-4-6-69(91)62(63)40-109-85)43-104-57-18-7-46(8-19-57)30-55-33-50(16-27-67(55)89)83-80(100)77(97)74(94)71(111-83)41-102-61-25-14-53-39-108-87(3,65(53)36-61)45-106-59-22-11-48(12-23-59)31-56-34-51(17-28-68(56)90)84-81(101)78(98)75(95)72(112-84)42-103-60-24-13-52-38-107-86(2,64(52)35-60)44-105-58-20-9-47(10-21-58)29-54-32-49(15-26-66(54)88)82-79(99)76(96)73(93)70(37-92)110-82/h4-28,32-36,70-84,92-101H,29-31,37-45H2,1-3H3/t70-,71-,72-,73-,74-,75-,76+,77+,78+,79-,80-,81-,82+,83+,84+,85?,86-,87+/m1/s1. The summed E-state index contributed by atoms with van der Waals surface area (Å²) in [5.41, 5.74) is 8.79. The molecule has 6 aliphatic heterocycles. The van der Waals surface area contributed by atoms with Gasteiger partial charge in [0.1, 0.15) is 176 Å². The lowest BCUT2D eigenvalue weighted by Gasteiger charge is -2.40. The first kappa shape index (κ1) is 79.4. The molecule has 9 aromatic carbocycles. The fraction of sp³-hybridized carbons (Fsp3) is 0.379. The zero-order valence-corrected chi connectivity index (χ0v) is 63.7. The summed E-state index contributed by atoms with van der Waals surface area (Å²) in [5, 5.41) is 110. The molecule has 10 N–H and O–H groups in total. The molecule has 9 aromatic rings. The first-order chi connectivity index (χ1) is 53.8. The third-order valence-electron chi connectivity index (χ3n) is 22.5. The Balaban J connectivity index is 0.526. The SMILES string of the molecule is CC1(COc2ccc(Cc3cc([C@@H]4O[C@H](COc5ccc6c(c5)[C@](C)(COc5ccc(Cc7cc([C@@H]8O[C@H](COc9ccc%10c(c9)[C@@](C)(COc9ccc(Cc%11cc([C@@H]%12O[C@H](CO)[C@@H](O)[C@H](O)[C@H]%12O)ccc%11Cl)cc9)OC%10)[C@@H](O)[C@H](O)[C@H]8O)ccc7Cl)cc5)OC6)[C@@H](O)[C@H](O)[C@H]4O)ccc3Cl)cc2)OCc2c(F)cccc21. The second kappa shape index (κ2) is 33.2. The van der Waals surface area contributed by atoms with Gasteiger partial charge in [0, 0.05) is 20.6 Å². The molecule has 0 bridgehead atoms. The molecule has 6 heterocycles. The van der Waals surface area contributed by atoms with Crippen molar-refractivity contribution in [3.63, 3.8) is 0 Å². The van der Waals surface area contributed by atoms with E-state index in [0.29, 0.717) is 98.5 Å². The minimum atomic E-state index is -1.58. The van der Waals surface area contributed by atoms with Gasteiger partial charge >= 0.3 is 0 Å². The molecular weight excluding hydrogens is 1510 g/mol. The summed E-state index contributed by atoms with van der Waals surface area (Å²) < 4.78 is 83.0. The molecule has 0 radical (unpaired) electrons. The van der Waals surface area contributed by atoms with Gasteiger partial charge in [-0.1, -0.05) is 132 Å². The van der Waals surface area contributed by atoms with E-state index < -0.39 is 115 Å². The molecule has 0 amide bonds. The second-order valence-corrected chi connectivity index (χ2v) is 31.6. The van der Waals surface area contributed by atoms with Crippen LogP contribution in [0.4, 0.5) is 4.39 Å². The van der Waals surface area contributed by atoms with Gasteiger partial charge in [-0.2, -0.15) is 0 Å². The lowest BCUT2D eigenvalue weighted by atomic mass is 9.90. The van der Waals surface area contributed by atoms with E-state index in [2.05, 4.69) is 0 Å². The highest BCUT2D eigenvalue weighted by molar-refractivity contribution is 6.32. The molecule has 3 fully saturated rings. The van der Waals surface area contributed by atoms with E-state index >= 15 is 0 Å². The molecule has 0 aliphatic carbocycles. The fourth-order valence-electron chi connectivity index (χ4n) is 15.6. The van der Waals surface area contributed by atoms with Crippen molar-refractivity contribution in [2.24, 2.45) is 0 Å². The van der Waals surface area contributed by atoms with E-state index in [4.69, 9.17) is 86.9 Å². The molecule has 15 rings (SSSR count). The first-order valence-corrected chi connectivity index (χ1v) is 38.4. The Kier molecular flexibility index (Phi) is 23.5. The topological polar surface area (TPSA) is 304 Å². The van der Waals surface area contributed by atoms with E-state index in [1.807, 2.05) is 136 Å². The van der Waals surface area contributed by atoms with Crippen LogP contribution in [0.25, 0.3) is 0 Å². The number of ether oxygens (including phenoxy) is 11. The van der Waals surface area contributed by atoms with Crippen LogP contribution >= 0.6 is 34.8 Å². The minimum absolute atomic E-state index is 0.138. The zero-order chi connectivity index (χ0) is 78.5. The van der Waals surface area contributed by atoms with Gasteiger partial charge < -0.3 is 103 Å². The van der Waals surface area contributed by atoms with Gasteiger partial charge in [0.25, 0.3) is 0 Å². The van der Waals surface area contributed by atoms with Gasteiger partial charge in [-0.15, -0.1) is 0 Å². The summed E-state index contributed by atoms with van der Waals surface area (Å²) >= 11 is 20.2. The third kappa shape index (κ3) is 16.6. The monoisotopic (exact) mass is 1590 g/mol. The van der Waals surface area contributed by atoms with E-state index in [0.717, 1.165) is 61.2 Å². The van der Waals surface area contributed by atoms with Crippen molar-refractivity contribution in [1.29, 1.82) is 0 Å². The molecule has 0 spiro atoms. The van der Waals surface area contributed by atoms with Crippen LogP contribution in [0.3, 0.4) is 0 Å². The summed E-state index contributed by atoms with van der Waals surface area (Å²) in [7, 11) is 0. The van der Waals surface area contributed by atoms with Crippen LogP contribution in [0, 0.1) is 5.82 Å². The Bertz CT molecular complexity index is 4830. The van der Waals surface area contributed by atoms with Crippen molar-refractivity contribution < 1.29 is 108 Å². The average Bonchev–Trinajstić information content (AvgIpc) is 1.53. The van der Waals surface area contributed by atoms with Crippen molar-refractivity contribution >= 4 is 34.8 Å². The number of aliphatic hydroxyl groups excluding tert-OH is 10. The summed E-state index contributed by atoms with van der Waals surface area (Å²) in [6.45, 7) is 6.15. The third-order valence-corrected chi connectivity index (χ3v) is 23.6. The van der Waals surface area contributed by atoms with Gasteiger partial charge in [-0.25, -0.2) is 4.39 Å². The molecule has 112 heavy (non-hydrogen) atoms. The summed E-state index contributed by atoms with van der Waals surface area (Å²) in [6.07, 6.45) is -18.6. The molecule has 6 aliphatic rings. The number of aliphatic hydroxyl groups is 10. The van der Waals surface area contributed by atoms with Gasteiger partial charge in [0.2, 0.25) is 0 Å². The number of benzene rings is 9. The number of rotatable bonds is 25. The molecule has 0 saturated carbocycles. The zero-order valence-electron chi connectivity index (χ0n) is 61.4. The van der Waals surface area contributed by atoms with E-state index in [-0.39, 0.29) is 45.5 Å². The molecule has 1 unspecified atom stereocenters. The van der Waals surface area contributed by atoms with Crippen LogP contribution < -0.4 is 23.7 Å². The Hall–Kier alpha value is -7.86. The Labute approximate surface area is 661 Å². The van der Waals surface area contributed by atoms with Crippen LogP contribution in [-0.4, -0.2) is 164 Å². The summed E-state index contributed by atoms with van der Waals surface area (Å²) in [4.78, 5) is 0. The maximum absolute atomic E-state index is 14.4. The van der Waals surface area contributed by atoms with Crippen molar-refractivity contribution in [3.05, 3.63) is 286 Å². The van der Waals surface area contributed by atoms with E-state index in [1.165, 1.54) is 6.07 Å². The Morgan fingerprint density at radius 3 is 1.08 bits per heavy atom. The van der Waals surface area contributed by atoms with Crippen LogP contribution in [0.1, 0.15) is 123 Å². The maximum Gasteiger partial charge on any atom is 0.129 e. The molecule has 18 atom stereocenters. The Morgan fingerprint density at radius 2 is 0.705 bits per heavy atom. The van der Waals surface area contributed by atoms with Crippen molar-refractivity contribution in [2.75, 3.05) is 39.6 Å². The quantitative estimate of drug-likeness (QED) is 0.0254. The Morgan fingerprint density at radius 1 is 0.366 bits per heavy atom. The molecule has 21 nitrogen and oxygen atoms in total. The molecule has 0 aromatic heterocycles. The van der Waals surface area contributed by atoms with E-state index in [1.54, 1.807) is 60.7 Å². The number of hydrogen-bond acceptors (Lipinski definition) is 21. The lowest BCUT2D eigenvalue weighted by molar-refractivity contribution is -0.231. The van der Waals surface area contributed by atoms with Crippen molar-refractivity contribution in [2.45, 2.75) is 168 Å². The molecule has 590 valence electrons. The number of halogens is 4. The van der Waals surface area contributed by atoms with Gasteiger partial charge in [-0.05, 0) is 203 Å². The van der Waals surface area contributed by atoms with Crippen LogP contribution in [-0.2, 0) is 84.3 Å². The maximum atomic E-state index is 14.4. The van der Waals surface area contributed by atoms with Crippen LogP contribution in [0.15, 0.2) is 182 Å². The highest BCUT2D eigenvalue weighted by atomic mass is 35.5. The van der Waals surface area contributed by atoms with Crippen LogP contribution in [0.5, 0.6) is 28.7 Å². The second-order valence-electron chi connectivity index (χ2n) is 30.3. The highest BCUT2D eigenvalue weighted by Gasteiger charge is 2.49. The normalized spacial score (nSPS) is 29.3. The molecule has 3 saturated heterocycles. The average molecular weight is 1590 g/mol. The van der Waals surface area contributed by atoms with Crippen LogP contribution in [0.2, 0.25) is 15.1 Å². The summed E-state index contributed by atoms with van der Waals surface area (Å²) in [6, 6.07) is 54.2. The number of hydrogen-bond donors (Lipinski definition) is 10. The van der Waals surface area contributed by atoms with Gasteiger partial charge in [-0.3, -0.25) is 0 Å². The fourth-order valence-corrected chi connectivity index (χ4v) is 16.2. The molecule has 25 heteroatoms. The predicted octanol–water partition coefficient (Wildman–Crippen LogP) is 10.7. The highest BCUT2D eigenvalue weighted by Crippen LogP contribution is 2.45. The van der Waals surface area contributed by atoms with Gasteiger partial charge in [0.05, 0.1) is 26.4 Å².